The predicted molar refractivity (Wildman–Crippen MR) is 79.3 cm³/mol. The molecular weight excluding hydrogens is 268 g/mol. The number of amides is 1. The highest BCUT2D eigenvalue weighted by Crippen LogP contribution is 2.25. The van der Waals surface area contributed by atoms with Crippen LogP contribution in [0.2, 0.25) is 0 Å². The lowest BCUT2D eigenvalue weighted by atomic mass is 9.89. The monoisotopic (exact) mass is 290 g/mol. The summed E-state index contributed by atoms with van der Waals surface area (Å²) in [5.74, 6) is 0.0116. The molecular formula is C16H22N2O3. The molecule has 1 saturated heterocycles. The molecule has 0 radical (unpaired) electrons. The molecule has 1 amide bonds. The summed E-state index contributed by atoms with van der Waals surface area (Å²) in [5, 5.41) is 8.95. The Balaban J connectivity index is 2.09. The molecule has 1 unspecified atom stereocenters. The lowest BCUT2D eigenvalue weighted by Gasteiger charge is -2.21. The molecule has 1 N–H and O–H groups in total. The van der Waals surface area contributed by atoms with Crippen molar-refractivity contribution in [2.45, 2.75) is 33.1 Å². The molecule has 5 nitrogen and oxygen atoms in total. The average molecular weight is 290 g/mol. The zero-order chi connectivity index (χ0) is 15.4. The highest BCUT2D eigenvalue weighted by molar-refractivity contribution is 5.94. The van der Waals surface area contributed by atoms with Crippen LogP contribution in [0.4, 0.5) is 0 Å². The second-order valence-corrected chi connectivity index (χ2v) is 5.94. The van der Waals surface area contributed by atoms with E-state index in [2.05, 4.69) is 18.8 Å². The van der Waals surface area contributed by atoms with E-state index in [4.69, 9.17) is 5.11 Å². The molecule has 2 rings (SSSR count). The second kappa shape index (κ2) is 6.70. The third-order valence-corrected chi connectivity index (χ3v) is 4.19. The minimum Gasteiger partial charge on any atom is -0.477 e. The molecule has 114 valence electrons. The van der Waals surface area contributed by atoms with Gasteiger partial charge in [0.25, 0.3) is 5.91 Å². The fourth-order valence-electron chi connectivity index (χ4n) is 2.83. The van der Waals surface area contributed by atoms with Gasteiger partial charge in [0.1, 0.15) is 11.4 Å². The number of carboxylic acids is 1. The van der Waals surface area contributed by atoms with Gasteiger partial charge in [-0.05, 0) is 43.2 Å². The van der Waals surface area contributed by atoms with Crippen LogP contribution in [-0.2, 0) is 0 Å². The van der Waals surface area contributed by atoms with Crippen LogP contribution in [0.25, 0.3) is 0 Å². The van der Waals surface area contributed by atoms with Crippen molar-refractivity contribution in [3.8, 4) is 0 Å². The van der Waals surface area contributed by atoms with Crippen LogP contribution < -0.4 is 0 Å². The van der Waals surface area contributed by atoms with E-state index in [0.29, 0.717) is 11.8 Å². The molecule has 5 heteroatoms. The van der Waals surface area contributed by atoms with Crippen LogP contribution >= 0.6 is 0 Å². The summed E-state index contributed by atoms with van der Waals surface area (Å²) in [4.78, 5) is 29.2. The number of carboxylic acid groups (broad SMARTS) is 1. The highest BCUT2D eigenvalue weighted by atomic mass is 16.4. The number of aromatic nitrogens is 1. The summed E-state index contributed by atoms with van der Waals surface area (Å²) >= 11 is 0. The topological polar surface area (TPSA) is 70.5 Å². The molecule has 0 spiro atoms. The van der Waals surface area contributed by atoms with Crippen molar-refractivity contribution in [2.24, 2.45) is 11.8 Å². The van der Waals surface area contributed by atoms with E-state index >= 15 is 0 Å². The number of carbonyl (C=O) groups is 2. The summed E-state index contributed by atoms with van der Waals surface area (Å²) in [5.41, 5.74) is 0.133. The van der Waals surface area contributed by atoms with Gasteiger partial charge < -0.3 is 10.0 Å². The lowest BCUT2D eigenvalue weighted by molar-refractivity contribution is 0.0690. The molecule has 0 aromatic carbocycles. The Hall–Kier alpha value is -1.91. The van der Waals surface area contributed by atoms with Crippen LogP contribution in [0.1, 0.15) is 54.1 Å². The van der Waals surface area contributed by atoms with Gasteiger partial charge in [-0.3, -0.25) is 4.79 Å². The van der Waals surface area contributed by atoms with Crippen LogP contribution in [0.15, 0.2) is 18.2 Å². The summed E-state index contributed by atoms with van der Waals surface area (Å²) in [6.07, 6.45) is 3.14. The van der Waals surface area contributed by atoms with E-state index in [0.717, 1.165) is 32.4 Å². The number of likely N-dealkylation sites (tertiary alicyclic amines) is 1. The van der Waals surface area contributed by atoms with Crippen molar-refractivity contribution in [2.75, 3.05) is 13.1 Å². The second-order valence-electron chi connectivity index (χ2n) is 5.94. The van der Waals surface area contributed by atoms with Crippen LogP contribution in [0, 0.1) is 11.8 Å². The van der Waals surface area contributed by atoms with Gasteiger partial charge in [-0.25, -0.2) is 9.78 Å². The third kappa shape index (κ3) is 3.80. The minimum atomic E-state index is -1.11. The Kier molecular flexibility index (Phi) is 4.94. The van der Waals surface area contributed by atoms with Crippen molar-refractivity contribution in [3.63, 3.8) is 0 Å². The molecule has 1 aromatic rings. The predicted octanol–water partition coefficient (Wildman–Crippen LogP) is 2.68. The molecule has 1 aromatic heterocycles. The van der Waals surface area contributed by atoms with E-state index in [1.165, 1.54) is 6.07 Å². The zero-order valence-corrected chi connectivity index (χ0v) is 12.6. The standard InChI is InChI=1S/C16H22N2O3/c1-11(2)12-5-4-9-18(10-8-12)15(19)13-6-3-7-14(17-13)16(20)21/h3,6-7,11-12H,4-5,8-10H2,1-2H3,(H,20,21). The summed E-state index contributed by atoms with van der Waals surface area (Å²) in [6, 6.07) is 4.55. The Morgan fingerprint density at radius 1 is 1.24 bits per heavy atom. The fraction of sp³-hybridized carbons (Fsp3) is 0.562. The van der Waals surface area contributed by atoms with Gasteiger partial charge in [0.15, 0.2) is 0 Å². The number of aromatic carboxylic acids is 1. The van der Waals surface area contributed by atoms with Gasteiger partial charge in [0.2, 0.25) is 0 Å². The first-order valence-electron chi connectivity index (χ1n) is 7.48. The largest absolute Gasteiger partial charge is 0.477 e. The van der Waals surface area contributed by atoms with Crippen molar-refractivity contribution < 1.29 is 14.7 Å². The van der Waals surface area contributed by atoms with Crippen molar-refractivity contribution in [1.82, 2.24) is 9.88 Å². The smallest absolute Gasteiger partial charge is 0.354 e. The normalized spacial score (nSPS) is 19.4. The van der Waals surface area contributed by atoms with Crippen molar-refractivity contribution >= 4 is 11.9 Å². The highest BCUT2D eigenvalue weighted by Gasteiger charge is 2.24. The van der Waals surface area contributed by atoms with E-state index in [1.54, 1.807) is 17.0 Å². The Morgan fingerprint density at radius 3 is 2.62 bits per heavy atom. The van der Waals surface area contributed by atoms with E-state index in [9.17, 15) is 9.59 Å². The molecule has 0 saturated carbocycles. The summed E-state index contributed by atoms with van der Waals surface area (Å²) in [7, 11) is 0. The summed E-state index contributed by atoms with van der Waals surface area (Å²) in [6.45, 7) is 5.89. The molecule has 1 fully saturated rings. The lowest BCUT2D eigenvalue weighted by Crippen LogP contribution is -2.33. The maximum Gasteiger partial charge on any atom is 0.354 e. The Bertz CT molecular complexity index is 528. The molecule has 0 aliphatic carbocycles. The van der Waals surface area contributed by atoms with E-state index in [1.807, 2.05) is 0 Å². The average Bonchev–Trinajstić information content (AvgIpc) is 2.72. The third-order valence-electron chi connectivity index (χ3n) is 4.19. The van der Waals surface area contributed by atoms with Gasteiger partial charge >= 0.3 is 5.97 Å². The minimum absolute atomic E-state index is 0.0873. The number of pyridine rings is 1. The molecule has 1 atom stereocenters. The molecule has 1 aliphatic heterocycles. The van der Waals surface area contributed by atoms with Crippen molar-refractivity contribution in [3.05, 3.63) is 29.6 Å². The van der Waals surface area contributed by atoms with Gasteiger partial charge in [-0.1, -0.05) is 19.9 Å². The number of rotatable bonds is 3. The van der Waals surface area contributed by atoms with Gasteiger partial charge in [-0.2, -0.15) is 0 Å². The number of hydrogen-bond donors (Lipinski definition) is 1. The first-order valence-corrected chi connectivity index (χ1v) is 7.48. The van der Waals surface area contributed by atoms with Gasteiger partial charge in [-0.15, -0.1) is 0 Å². The first kappa shape index (κ1) is 15.5. The quantitative estimate of drug-likeness (QED) is 0.929. The van der Waals surface area contributed by atoms with Gasteiger partial charge in [0, 0.05) is 13.1 Å². The molecule has 0 bridgehead atoms. The Morgan fingerprint density at radius 2 is 1.95 bits per heavy atom. The number of carbonyl (C=O) groups excluding carboxylic acids is 1. The van der Waals surface area contributed by atoms with Crippen LogP contribution in [-0.4, -0.2) is 40.0 Å². The van der Waals surface area contributed by atoms with E-state index in [-0.39, 0.29) is 17.3 Å². The zero-order valence-electron chi connectivity index (χ0n) is 12.6. The van der Waals surface area contributed by atoms with Crippen LogP contribution in [0.3, 0.4) is 0 Å². The number of nitrogens with zero attached hydrogens (tertiary/aromatic N) is 2. The van der Waals surface area contributed by atoms with E-state index < -0.39 is 5.97 Å². The fourth-order valence-corrected chi connectivity index (χ4v) is 2.83. The maximum absolute atomic E-state index is 12.5. The Labute approximate surface area is 125 Å². The van der Waals surface area contributed by atoms with Crippen molar-refractivity contribution in [1.29, 1.82) is 0 Å². The molecule has 21 heavy (non-hydrogen) atoms. The molecule has 1 aliphatic rings. The first-order chi connectivity index (χ1) is 9.99. The summed E-state index contributed by atoms with van der Waals surface area (Å²) < 4.78 is 0. The van der Waals surface area contributed by atoms with Gasteiger partial charge in [0.05, 0.1) is 0 Å². The number of hydrogen-bond acceptors (Lipinski definition) is 3. The van der Waals surface area contributed by atoms with Crippen LogP contribution in [0.5, 0.6) is 0 Å². The maximum atomic E-state index is 12.5. The SMILES string of the molecule is CC(C)C1CCCN(C(=O)c2cccc(C(=O)O)n2)CC1. The molecule has 2 heterocycles.